The molecule has 0 saturated heterocycles. The Labute approximate surface area is 141 Å². The fourth-order valence-electron chi connectivity index (χ4n) is 4.51. The zero-order chi connectivity index (χ0) is 16.6. The molecule has 1 aromatic heterocycles. The van der Waals surface area contributed by atoms with Gasteiger partial charge in [-0.1, -0.05) is 18.9 Å². The van der Waals surface area contributed by atoms with Gasteiger partial charge in [-0.3, -0.25) is 4.79 Å². The van der Waals surface area contributed by atoms with Gasteiger partial charge in [0.1, 0.15) is 0 Å². The van der Waals surface area contributed by atoms with Gasteiger partial charge in [0.2, 0.25) is 0 Å². The summed E-state index contributed by atoms with van der Waals surface area (Å²) in [4.78, 5) is 16.9. The fourth-order valence-corrected chi connectivity index (χ4v) is 4.51. The number of rotatable bonds is 4. The van der Waals surface area contributed by atoms with Crippen molar-refractivity contribution in [3.63, 3.8) is 0 Å². The molecular formula is C19H23N3O2. The molecule has 1 heterocycles. The maximum atomic E-state index is 12.8. The lowest BCUT2D eigenvalue weighted by molar-refractivity contribution is 0.00172. The molecule has 5 rings (SSSR count). The number of aliphatic hydroxyl groups is 1. The molecule has 0 radical (unpaired) electrons. The van der Waals surface area contributed by atoms with Gasteiger partial charge in [-0.05, 0) is 49.3 Å². The molecule has 2 aromatic rings. The van der Waals surface area contributed by atoms with E-state index in [1.165, 1.54) is 12.8 Å². The molecule has 1 unspecified atom stereocenters. The minimum absolute atomic E-state index is 0.0289. The molecular weight excluding hydrogens is 302 g/mol. The summed E-state index contributed by atoms with van der Waals surface area (Å²) in [6.45, 7) is 0.0289. The molecule has 0 spiro atoms. The first-order chi connectivity index (χ1) is 11.7. The number of carbonyl (C=O) groups is 1. The van der Waals surface area contributed by atoms with Gasteiger partial charge in [-0.2, -0.15) is 0 Å². The molecule has 3 saturated carbocycles. The van der Waals surface area contributed by atoms with Gasteiger partial charge < -0.3 is 15.0 Å². The molecule has 1 amide bonds. The summed E-state index contributed by atoms with van der Waals surface area (Å²) < 4.78 is 1.88. The molecule has 1 aromatic carbocycles. The van der Waals surface area contributed by atoms with Crippen LogP contribution in [0.4, 0.5) is 0 Å². The molecule has 5 nitrogen and oxygen atoms in total. The molecule has 2 N–H and O–H groups in total. The number of hydrogen-bond acceptors (Lipinski definition) is 3. The van der Waals surface area contributed by atoms with Crippen LogP contribution in [-0.2, 0) is 0 Å². The van der Waals surface area contributed by atoms with Gasteiger partial charge >= 0.3 is 0 Å². The summed E-state index contributed by atoms with van der Waals surface area (Å²) >= 11 is 0. The topological polar surface area (TPSA) is 67.2 Å². The number of benzene rings is 1. The Morgan fingerprint density at radius 2 is 2.17 bits per heavy atom. The van der Waals surface area contributed by atoms with Crippen molar-refractivity contribution in [3.05, 3.63) is 48.5 Å². The molecule has 24 heavy (non-hydrogen) atoms. The third kappa shape index (κ3) is 2.63. The second-order valence-electron chi connectivity index (χ2n) is 7.21. The average molecular weight is 325 g/mol. The van der Waals surface area contributed by atoms with Gasteiger partial charge in [0, 0.05) is 23.6 Å². The third-order valence-electron chi connectivity index (χ3n) is 5.84. The first-order valence-corrected chi connectivity index (χ1v) is 8.72. The van der Waals surface area contributed by atoms with E-state index in [0.717, 1.165) is 24.9 Å². The zero-order valence-electron chi connectivity index (χ0n) is 13.7. The van der Waals surface area contributed by atoms with Crippen LogP contribution < -0.4 is 5.32 Å². The van der Waals surface area contributed by atoms with Crippen LogP contribution in [0.1, 0.15) is 42.5 Å². The molecule has 126 valence electrons. The smallest absolute Gasteiger partial charge is 0.251 e. The highest BCUT2D eigenvalue weighted by Crippen LogP contribution is 2.47. The minimum Gasteiger partial charge on any atom is -0.394 e. The van der Waals surface area contributed by atoms with Crippen molar-refractivity contribution in [1.82, 2.24) is 14.9 Å². The number of fused-ring (bicyclic) bond motifs is 3. The fraction of sp³-hybridized carbons (Fsp3) is 0.474. The first kappa shape index (κ1) is 15.4. The molecule has 2 bridgehead atoms. The molecule has 5 heteroatoms. The van der Waals surface area contributed by atoms with Crippen molar-refractivity contribution in [3.8, 4) is 5.69 Å². The van der Waals surface area contributed by atoms with E-state index in [2.05, 4.69) is 10.3 Å². The van der Waals surface area contributed by atoms with Crippen molar-refractivity contribution >= 4 is 5.91 Å². The Hall–Kier alpha value is -2.14. The number of imidazole rings is 1. The zero-order valence-corrected chi connectivity index (χ0v) is 13.7. The van der Waals surface area contributed by atoms with Crippen LogP contribution in [0.15, 0.2) is 43.0 Å². The lowest BCUT2D eigenvalue weighted by atomic mass is 9.60. The van der Waals surface area contributed by atoms with Crippen LogP contribution in [-0.4, -0.2) is 32.7 Å². The maximum absolute atomic E-state index is 12.8. The molecule has 3 aliphatic carbocycles. The monoisotopic (exact) mass is 325 g/mol. The molecule has 3 fully saturated rings. The number of nitrogens with zero attached hydrogens (tertiary/aromatic N) is 2. The van der Waals surface area contributed by atoms with E-state index >= 15 is 0 Å². The first-order valence-electron chi connectivity index (χ1n) is 8.72. The van der Waals surface area contributed by atoms with Crippen LogP contribution in [0.25, 0.3) is 5.69 Å². The SMILES string of the molecule is O=C(NC1(CO)CC2CCC1CC2)c1cccc(-n2ccnc2)c1. The minimum atomic E-state index is -0.441. The highest BCUT2D eigenvalue weighted by Gasteiger charge is 2.47. The summed E-state index contributed by atoms with van der Waals surface area (Å²) in [7, 11) is 0. The largest absolute Gasteiger partial charge is 0.394 e. The highest BCUT2D eigenvalue weighted by atomic mass is 16.3. The molecule has 3 aliphatic rings. The number of aliphatic hydroxyl groups excluding tert-OH is 1. The summed E-state index contributed by atoms with van der Waals surface area (Å²) in [6.07, 6.45) is 10.9. The van der Waals surface area contributed by atoms with Crippen molar-refractivity contribution in [1.29, 1.82) is 0 Å². The van der Waals surface area contributed by atoms with Crippen molar-refractivity contribution in [2.75, 3.05) is 6.61 Å². The summed E-state index contributed by atoms with van der Waals surface area (Å²) in [5.74, 6) is 0.937. The quantitative estimate of drug-likeness (QED) is 0.908. The Morgan fingerprint density at radius 1 is 1.33 bits per heavy atom. The van der Waals surface area contributed by atoms with E-state index in [1.807, 2.05) is 35.0 Å². The normalized spacial score (nSPS) is 28.7. The second-order valence-corrected chi connectivity index (χ2v) is 7.21. The van der Waals surface area contributed by atoms with Crippen LogP contribution in [0.5, 0.6) is 0 Å². The number of nitrogens with one attached hydrogen (secondary N) is 1. The van der Waals surface area contributed by atoms with Crippen molar-refractivity contribution in [2.45, 2.75) is 37.6 Å². The van der Waals surface area contributed by atoms with Gasteiger partial charge in [-0.15, -0.1) is 0 Å². The van der Waals surface area contributed by atoms with Gasteiger partial charge in [-0.25, -0.2) is 4.98 Å². The lowest BCUT2D eigenvalue weighted by Crippen LogP contribution is -2.61. The van der Waals surface area contributed by atoms with Crippen LogP contribution in [0.2, 0.25) is 0 Å². The lowest BCUT2D eigenvalue weighted by Gasteiger charge is -2.51. The van der Waals surface area contributed by atoms with Crippen LogP contribution >= 0.6 is 0 Å². The van der Waals surface area contributed by atoms with Crippen LogP contribution in [0.3, 0.4) is 0 Å². The number of amides is 1. The van der Waals surface area contributed by atoms with E-state index < -0.39 is 5.54 Å². The summed E-state index contributed by atoms with van der Waals surface area (Å²) in [6, 6.07) is 7.51. The van der Waals surface area contributed by atoms with E-state index in [4.69, 9.17) is 0 Å². The Bertz CT molecular complexity index is 720. The van der Waals surface area contributed by atoms with Gasteiger partial charge in [0.25, 0.3) is 5.91 Å². The predicted molar refractivity (Wildman–Crippen MR) is 90.9 cm³/mol. The second kappa shape index (κ2) is 6.06. The third-order valence-corrected chi connectivity index (χ3v) is 5.84. The van der Waals surface area contributed by atoms with Crippen molar-refractivity contribution in [2.24, 2.45) is 11.8 Å². The summed E-state index contributed by atoms with van der Waals surface area (Å²) in [5, 5.41) is 13.2. The standard InChI is InChI=1S/C19H23N3O2/c23-12-19(11-14-4-6-16(19)7-5-14)21-18(24)15-2-1-3-17(10-15)22-9-8-20-13-22/h1-3,8-10,13-14,16,23H,4-7,11-12H2,(H,21,24). The van der Waals surface area contributed by atoms with Gasteiger partial charge in [0.05, 0.1) is 18.5 Å². The molecule has 1 atom stereocenters. The number of hydrogen-bond donors (Lipinski definition) is 2. The Balaban J connectivity index is 1.57. The maximum Gasteiger partial charge on any atom is 0.251 e. The van der Waals surface area contributed by atoms with Crippen LogP contribution in [0, 0.1) is 11.8 Å². The molecule has 0 aliphatic heterocycles. The predicted octanol–water partition coefficient (Wildman–Crippen LogP) is 2.54. The van der Waals surface area contributed by atoms with E-state index in [0.29, 0.717) is 17.4 Å². The van der Waals surface area contributed by atoms with E-state index in [-0.39, 0.29) is 12.5 Å². The Kier molecular flexibility index (Phi) is 3.88. The average Bonchev–Trinajstić information content (AvgIpc) is 3.17. The number of carbonyl (C=O) groups excluding carboxylic acids is 1. The van der Waals surface area contributed by atoms with Gasteiger partial charge in [0.15, 0.2) is 0 Å². The highest BCUT2D eigenvalue weighted by molar-refractivity contribution is 5.95. The van der Waals surface area contributed by atoms with E-state index in [9.17, 15) is 9.90 Å². The summed E-state index contributed by atoms with van der Waals surface area (Å²) in [5.41, 5.74) is 1.09. The Morgan fingerprint density at radius 3 is 2.79 bits per heavy atom. The van der Waals surface area contributed by atoms with Crippen molar-refractivity contribution < 1.29 is 9.90 Å². The number of aromatic nitrogens is 2. The van der Waals surface area contributed by atoms with E-state index in [1.54, 1.807) is 12.5 Å².